The Morgan fingerprint density at radius 1 is 1.54 bits per heavy atom. The van der Waals surface area contributed by atoms with E-state index in [1.165, 1.54) is 0 Å². The van der Waals surface area contributed by atoms with Gasteiger partial charge in [0, 0.05) is 0 Å². The fourth-order valence-corrected chi connectivity index (χ4v) is 0.994. The molecule has 1 aliphatic rings. The minimum Gasteiger partial charge on any atom is -0.481 e. The van der Waals surface area contributed by atoms with Gasteiger partial charge in [0.05, 0.1) is 6.42 Å². The van der Waals surface area contributed by atoms with Gasteiger partial charge in [-0.05, 0) is 0 Å². The summed E-state index contributed by atoms with van der Waals surface area (Å²) < 4.78 is 4.38. The zero-order valence-electron chi connectivity index (χ0n) is 6.47. The highest BCUT2D eigenvalue weighted by Gasteiger charge is 2.39. The summed E-state index contributed by atoms with van der Waals surface area (Å²) in [4.78, 5) is 32.2. The normalized spacial score (nSPS) is 21.4. The van der Waals surface area contributed by atoms with Gasteiger partial charge in [0.15, 0.2) is 6.73 Å². The van der Waals surface area contributed by atoms with Crippen LogP contribution in [-0.2, 0) is 14.3 Å². The Kier molecular flexibility index (Phi) is 2.36. The number of esters is 1. The van der Waals surface area contributed by atoms with Crippen LogP contribution in [0.25, 0.3) is 0 Å². The Hall–Kier alpha value is -1.79. The molecule has 7 heteroatoms. The number of cyclic esters (lactones) is 1. The monoisotopic (exact) mass is 189 g/mol. The van der Waals surface area contributed by atoms with Crippen LogP contribution in [0.5, 0.6) is 0 Å². The van der Waals surface area contributed by atoms with E-state index in [0.717, 1.165) is 0 Å². The molecule has 72 valence electrons. The predicted octanol–water partition coefficient (Wildman–Crippen LogP) is -0.676. The van der Waals surface area contributed by atoms with E-state index >= 15 is 0 Å². The van der Waals surface area contributed by atoms with E-state index in [2.05, 4.69) is 4.74 Å². The molecule has 1 rings (SSSR count). The van der Waals surface area contributed by atoms with Crippen molar-refractivity contribution in [3.63, 3.8) is 0 Å². The first kappa shape index (κ1) is 9.30. The zero-order chi connectivity index (χ0) is 10.0. The number of rotatable bonds is 2. The number of amides is 1. The number of carboxylic acids is 1. The molecule has 0 aliphatic carbocycles. The van der Waals surface area contributed by atoms with Crippen molar-refractivity contribution in [3.05, 3.63) is 0 Å². The lowest BCUT2D eigenvalue weighted by Gasteiger charge is -2.13. The third-order valence-electron chi connectivity index (χ3n) is 1.61. The lowest BCUT2D eigenvalue weighted by atomic mass is 10.2. The molecule has 2 N–H and O–H groups in total. The van der Waals surface area contributed by atoms with E-state index in [-0.39, 0.29) is 0 Å². The lowest BCUT2D eigenvalue weighted by Crippen LogP contribution is -2.38. The summed E-state index contributed by atoms with van der Waals surface area (Å²) in [6.45, 7) is -0.397. The van der Waals surface area contributed by atoms with E-state index in [1.54, 1.807) is 0 Å². The quantitative estimate of drug-likeness (QED) is 0.558. The summed E-state index contributed by atoms with van der Waals surface area (Å²) >= 11 is 0. The molecular formula is C6H7NO6. The number of carbonyl (C=O) groups excluding carboxylic acids is 1. The minimum atomic E-state index is -1.36. The number of carboxylic acid groups (broad SMARTS) is 2. The predicted molar refractivity (Wildman–Crippen MR) is 36.9 cm³/mol. The largest absolute Gasteiger partial charge is 0.481 e. The van der Waals surface area contributed by atoms with Gasteiger partial charge in [0.2, 0.25) is 0 Å². The van der Waals surface area contributed by atoms with Crippen molar-refractivity contribution in [2.75, 3.05) is 6.73 Å². The fourth-order valence-electron chi connectivity index (χ4n) is 0.994. The molecule has 0 aromatic heterocycles. The van der Waals surface area contributed by atoms with Crippen LogP contribution in [0.3, 0.4) is 0 Å². The van der Waals surface area contributed by atoms with Gasteiger partial charge in [-0.25, -0.2) is 9.59 Å². The van der Waals surface area contributed by atoms with Gasteiger partial charge in [-0.2, -0.15) is 0 Å². The van der Waals surface area contributed by atoms with E-state index in [0.29, 0.717) is 4.90 Å². The van der Waals surface area contributed by atoms with Gasteiger partial charge in [-0.15, -0.1) is 0 Å². The highest BCUT2D eigenvalue weighted by Crippen LogP contribution is 2.14. The van der Waals surface area contributed by atoms with Gasteiger partial charge >= 0.3 is 18.0 Å². The second kappa shape index (κ2) is 3.30. The first-order chi connectivity index (χ1) is 6.02. The summed E-state index contributed by atoms with van der Waals surface area (Å²) in [5.74, 6) is -2.06. The minimum absolute atomic E-state index is 0.397. The van der Waals surface area contributed by atoms with Crippen LogP contribution in [0.4, 0.5) is 4.79 Å². The van der Waals surface area contributed by atoms with E-state index in [9.17, 15) is 14.4 Å². The number of hydrogen-bond donors (Lipinski definition) is 2. The van der Waals surface area contributed by atoms with Gasteiger partial charge in [0.25, 0.3) is 0 Å². The molecule has 1 amide bonds. The standard InChI is InChI=1S/C6H7NO6/c8-4(9)1-3-5(10)13-2-7(3)6(11)12/h3H,1-2H2,(H,8,9)(H,11,12)/t3-/m0/s1. The SMILES string of the molecule is O=C(O)C[C@H]1C(=O)OCN1C(=O)O. The summed E-state index contributed by atoms with van der Waals surface area (Å²) in [7, 11) is 0. The molecule has 0 spiro atoms. The van der Waals surface area contributed by atoms with Crippen LogP contribution in [-0.4, -0.2) is 45.9 Å². The Bertz CT molecular complexity index is 262. The number of ether oxygens (including phenoxy) is 1. The Balaban J connectivity index is 2.71. The van der Waals surface area contributed by atoms with Crippen LogP contribution in [0.15, 0.2) is 0 Å². The number of aliphatic carboxylic acids is 1. The molecule has 1 fully saturated rings. The maximum atomic E-state index is 10.8. The van der Waals surface area contributed by atoms with Crippen molar-refractivity contribution in [1.82, 2.24) is 4.90 Å². The van der Waals surface area contributed by atoms with Crippen LogP contribution in [0.2, 0.25) is 0 Å². The molecule has 0 aromatic carbocycles. The van der Waals surface area contributed by atoms with E-state index < -0.39 is 37.2 Å². The first-order valence-corrected chi connectivity index (χ1v) is 3.40. The number of carbonyl (C=O) groups is 3. The first-order valence-electron chi connectivity index (χ1n) is 3.40. The Morgan fingerprint density at radius 3 is 2.62 bits per heavy atom. The topological polar surface area (TPSA) is 104 Å². The van der Waals surface area contributed by atoms with Gasteiger partial charge in [0.1, 0.15) is 6.04 Å². The summed E-state index contributed by atoms with van der Waals surface area (Å²) in [6.07, 6.45) is -1.93. The van der Waals surface area contributed by atoms with E-state index in [1.807, 2.05) is 0 Å². The molecule has 0 aromatic rings. The molecule has 13 heavy (non-hydrogen) atoms. The smallest absolute Gasteiger partial charge is 0.410 e. The molecule has 0 radical (unpaired) electrons. The maximum Gasteiger partial charge on any atom is 0.410 e. The number of hydrogen-bond acceptors (Lipinski definition) is 4. The zero-order valence-corrected chi connectivity index (χ0v) is 6.47. The summed E-state index contributed by atoms with van der Waals surface area (Å²) in [6, 6.07) is -1.21. The van der Waals surface area contributed by atoms with Crippen LogP contribution in [0.1, 0.15) is 6.42 Å². The van der Waals surface area contributed by atoms with Crippen LogP contribution < -0.4 is 0 Å². The molecular weight excluding hydrogens is 182 g/mol. The van der Waals surface area contributed by atoms with Crippen LogP contribution in [0, 0.1) is 0 Å². The van der Waals surface area contributed by atoms with Crippen molar-refractivity contribution in [2.45, 2.75) is 12.5 Å². The molecule has 0 unspecified atom stereocenters. The molecule has 1 saturated heterocycles. The molecule has 1 aliphatic heterocycles. The highest BCUT2D eigenvalue weighted by atomic mass is 16.6. The average molecular weight is 189 g/mol. The van der Waals surface area contributed by atoms with Gasteiger partial charge in [-0.3, -0.25) is 9.69 Å². The third-order valence-corrected chi connectivity index (χ3v) is 1.61. The molecule has 1 atom stereocenters. The molecule has 1 heterocycles. The molecule has 7 nitrogen and oxygen atoms in total. The highest BCUT2D eigenvalue weighted by molar-refractivity contribution is 5.87. The third kappa shape index (κ3) is 1.86. The molecule has 0 saturated carbocycles. The lowest BCUT2D eigenvalue weighted by molar-refractivity contribution is -0.144. The average Bonchev–Trinajstić information content (AvgIpc) is 2.32. The Morgan fingerprint density at radius 2 is 2.15 bits per heavy atom. The Labute approximate surface area is 72.5 Å². The fraction of sp³-hybridized carbons (Fsp3) is 0.500. The summed E-state index contributed by atoms with van der Waals surface area (Å²) in [5.41, 5.74) is 0. The van der Waals surface area contributed by atoms with E-state index in [4.69, 9.17) is 10.2 Å². The van der Waals surface area contributed by atoms with Crippen LogP contribution >= 0.6 is 0 Å². The second-order valence-electron chi connectivity index (χ2n) is 2.46. The van der Waals surface area contributed by atoms with Gasteiger partial charge in [-0.1, -0.05) is 0 Å². The van der Waals surface area contributed by atoms with Crippen molar-refractivity contribution < 1.29 is 29.3 Å². The second-order valence-corrected chi connectivity index (χ2v) is 2.46. The van der Waals surface area contributed by atoms with Crippen molar-refractivity contribution in [2.24, 2.45) is 0 Å². The number of nitrogens with zero attached hydrogens (tertiary/aromatic N) is 1. The summed E-state index contributed by atoms with van der Waals surface area (Å²) in [5, 5.41) is 16.9. The van der Waals surface area contributed by atoms with Crippen molar-refractivity contribution in [3.8, 4) is 0 Å². The maximum absolute atomic E-state index is 10.8. The van der Waals surface area contributed by atoms with Crippen molar-refractivity contribution >= 4 is 18.0 Å². The van der Waals surface area contributed by atoms with Gasteiger partial charge < -0.3 is 14.9 Å². The molecule has 0 bridgehead atoms. The van der Waals surface area contributed by atoms with Crippen molar-refractivity contribution in [1.29, 1.82) is 0 Å².